The highest BCUT2D eigenvalue weighted by Crippen LogP contribution is 2.21. The molecule has 0 bridgehead atoms. The average molecular weight is 277 g/mol. The summed E-state index contributed by atoms with van der Waals surface area (Å²) < 4.78 is 48.7. The van der Waals surface area contributed by atoms with Crippen molar-refractivity contribution in [1.29, 1.82) is 5.41 Å². The van der Waals surface area contributed by atoms with E-state index in [4.69, 9.17) is 11.1 Å². The summed E-state index contributed by atoms with van der Waals surface area (Å²) >= 11 is 0. The molecule has 0 saturated heterocycles. The maximum Gasteiger partial charge on any atom is 0.355 e. The zero-order chi connectivity index (χ0) is 13.8. The molecule has 0 spiro atoms. The molecule has 0 aliphatic carbocycles. The fourth-order valence-corrected chi connectivity index (χ4v) is 2.27. The molecule has 100 valence electrons. The standard InChI is InChI=1S/C10H13F2N3O2S/c11-10(12)18(16,17)15(7-6-9(13)14)8-4-2-1-3-5-8/h1-5,10H,6-7H2,(H3,13,14). The van der Waals surface area contributed by atoms with E-state index >= 15 is 0 Å². The van der Waals surface area contributed by atoms with Crippen LogP contribution in [0.3, 0.4) is 0 Å². The highest BCUT2D eigenvalue weighted by molar-refractivity contribution is 7.93. The van der Waals surface area contributed by atoms with Crippen LogP contribution in [0.4, 0.5) is 14.5 Å². The summed E-state index contributed by atoms with van der Waals surface area (Å²) in [5.41, 5.74) is 5.24. The summed E-state index contributed by atoms with van der Waals surface area (Å²) in [6, 6.07) is 7.52. The first-order chi connectivity index (χ1) is 8.35. The smallest absolute Gasteiger partial charge is 0.355 e. The van der Waals surface area contributed by atoms with Gasteiger partial charge in [-0.2, -0.15) is 8.78 Å². The van der Waals surface area contributed by atoms with Crippen LogP contribution in [-0.4, -0.2) is 26.6 Å². The number of nitrogens with one attached hydrogen (secondary N) is 1. The predicted molar refractivity (Wildman–Crippen MR) is 65.2 cm³/mol. The van der Waals surface area contributed by atoms with Gasteiger partial charge >= 0.3 is 5.76 Å². The number of benzene rings is 1. The fourth-order valence-electron chi connectivity index (χ4n) is 1.32. The summed E-state index contributed by atoms with van der Waals surface area (Å²) in [5.74, 6) is -3.77. The van der Waals surface area contributed by atoms with Crippen LogP contribution in [0.2, 0.25) is 0 Å². The first kappa shape index (κ1) is 14.4. The van der Waals surface area contributed by atoms with Crippen molar-refractivity contribution in [2.75, 3.05) is 10.8 Å². The lowest BCUT2D eigenvalue weighted by Gasteiger charge is -2.23. The summed E-state index contributed by atoms with van der Waals surface area (Å²) in [6.07, 6.45) is -0.110. The molecule has 0 atom stereocenters. The quantitative estimate of drug-likeness (QED) is 0.608. The number of nitrogens with two attached hydrogens (primary N) is 1. The Balaban J connectivity index is 3.07. The van der Waals surface area contributed by atoms with Gasteiger partial charge in [0.25, 0.3) is 10.0 Å². The Kier molecular flexibility index (Phi) is 4.60. The monoisotopic (exact) mass is 277 g/mol. The van der Waals surface area contributed by atoms with E-state index in [-0.39, 0.29) is 24.5 Å². The van der Waals surface area contributed by atoms with Gasteiger partial charge < -0.3 is 5.73 Å². The van der Waals surface area contributed by atoms with Gasteiger partial charge in [0.2, 0.25) is 0 Å². The molecule has 0 heterocycles. The number of nitrogens with zero attached hydrogens (tertiary/aromatic N) is 1. The minimum Gasteiger partial charge on any atom is -0.388 e. The molecule has 8 heteroatoms. The molecule has 0 aliphatic heterocycles. The minimum atomic E-state index is -4.74. The first-order valence-electron chi connectivity index (χ1n) is 5.03. The van der Waals surface area contributed by atoms with E-state index < -0.39 is 15.8 Å². The number of rotatable bonds is 6. The Morgan fingerprint density at radius 2 is 1.89 bits per heavy atom. The molecule has 0 saturated carbocycles. The van der Waals surface area contributed by atoms with E-state index in [0.717, 1.165) is 0 Å². The number of halogens is 2. The largest absolute Gasteiger partial charge is 0.388 e. The van der Waals surface area contributed by atoms with Gasteiger partial charge in [0.1, 0.15) is 0 Å². The highest BCUT2D eigenvalue weighted by atomic mass is 32.2. The molecule has 18 heavy (non-hydrogen) atoms. The van der Waals surface area contributed by atoms with E-state index in [1.165, 1.54) is 24.3 Å². The third kappa shape index (κ3) is 3.39. The zero-order valence-electron chi connectivity index (χ0n) is 9.38. The second-order valence-electron chi connectivity index (χ2n) is 3.49. The van der Waals surface area contributed by atoms with Crippen molar-refractivity contribution >= 4 is 21.5 Å². The number of sulfonamides is 1. The van der Waals surface area contributed by atoms with Crippen LogP contribution in [-0.2, 0) is 10.0 Å². The zero-order valence-corrected chi connectivity index (χ0v) is 10.2. The lowest BCUT2D eigenvalue weighted by Crippen LogP contribution is -2.37. The van der Waals surface area contributed by atoms with Crippen molar-refractivity contribution in [3.05, 3.63) is 30.3 Å². The topological polar surface area (TPSA) is 87.2 Å². The predicted octanol–water partition coefficient (Wildman–Crippen LogP) is 1.37. The minimum absolute atomic E-state index is 0.110. The van der Waals surface area contributed by atoms with E-state index in [2.05, 4.69) is 0 Å². The summed E-state index contributed by atoms with van der Waals surface area (Å²) in [7, 11) is -4.74. The van der Waals surface area contributed by atoms with Gasteiger partial charge in [-0.15, -0.1) is 0 Å². The Morgan fingerprint density at radius 3 is 2.33 bits per heavy atom. The van der Waals surface area contributed by atoms with Crippen LogP contribution in [0.15, 0.2) is 30.3 Å². The molecule has 1 aromatic rings. The Labute approximate surface area is 104 Å². The third-order valence-electron chi connectivity index (χ3n) is 2.16. The van der Waals surface area contributed by atoms with Crippen molar-refractivity contribution in [3.8, 4) is 0 Å². The SMILES string of the molecule is N=C(N)CCN(c1ccccc1)S(=O)(=O)C(F)F. The maximum atomic E-state index is 12.6. The number of anilines is 1. The summed E-state index contributed by atoms with van der Waals surface area (Å²) in [6.45, 7) is -0.286. The first-order valence-corrected chi connectivity index (χ1v) is 6.53. The molecular weight excluding hydrogens is 264 g/mol. The molecule has 0 aliphatic rings. The molecule has 3 N–H and O–H groups in total. The number of para-hydroxylation sites is 1. The van der Waals surface area contributed by atoms with Gasteiger partial charge in [0.05, 0.1) is 11.5 Å². The number of hydrogen-bond acceptors (Lipinski definition) is 3. The fraction of sp³-hybridized carbons (Fsp3) is 0.300. The van der Waals surface area contributed by atoms with E-state index in [1.807, 2.05) is 0 Å². The van der Waals surface area contributed by atoms with Crippen molar-refractivity contribution in [2.45, 2.75) is 12.2 Å². The maximum absolute atomic E-state index is 12.6. The molecule has 0 aromatic heterocycles. The van der Waals surface area contributed by atoms with Crippen molar-refractivity contribution < 1.29 is 17.2 Å². The number of alkyl halides is 2. The van der Waals surface area contributed by atoms with Crippen LogP contribution in [0, 0.1) is 5.41 Å². The van der Waals surface area contributed by atoms with Crippen LogP contribution in [0.1, 0.15) is 6.42 Å². The lowest BCUT2D eigenvalue weighted by molar-refractivity contribution is 0.234. The second kappa shape index (κ2) is 5.76. The van der Waals surface area contributed by atoms with Crippen LogP contribution < -0.4 is 10.0 Å². The van der Waals surface area contributed by atoms with Crippen LogP contribution in [0.5, 0.6) is 0 Å². The van der Waals surface area contributed by atoms with Gasteiger partial charge in [0.15, 0.2) is 0 Å². The van der Waals surface area contributed by atoms with Gasteiger partial charge in [0, 0.05) is 13.0 Å². The van der Waals surface area contributed by atoms with Crippen molar-refractivity contribution in [2.24, 2.45) is 5.73 Å². The summed E-state index contributed by atoms with van der Waals surface area (Å²) in [4.78, 5) is 0. The number of hydrogen-bond donors (Lipinski definition) is 2. The third-order valence-corrected chi connectivity index (χ3v) is 3.62. The van der Waals surface area contributed by atoms with Gasteiger partial charge in [-0.05, 0) is 12.1 Å². The van der Waals surface area contributed by atoms with Gasteiger partial charge in [-0.3, -0.25) is 9.71 Å². The molecule has 1 aromatic carbocycles. The average Bonchev–Trinajstić information content (AvgIpc) is 2.29. The van der Waals surface area contributed by atoms with Crippen molar-refractivity contribution in [1.82, 2.24) is 0 Å². The van der Waals surface area contributed by atoms with Gasteiger partial charge in [-0.25, -0.2) is 8.42 Å². The van der Waals surface area contributed by atoms with Crippen LogP contribution in [0.25, 0.3) is 0 Å². The van der Waals surface area contributed by atoms with E-state index in [0.29, 0.717) is 4.31 Å². The summed E-state index contributed by atoms with van der Waals surface area (Å²) in [5, 5.41) is 7.03. The normalized spacial score (nSPS) is 11.5. The Bertz CT molecular complexity index is 505. The second-order valence-corrected chi connectivity index (χ2v) is 5.32. The van der Waals surface area contributed by atoms with E-state index in [9.17, 15) is 17.2 Å². The molecule has 0 amide bonds. The molecule has 5 nitrogen and oxygen atoms in total. The highest BCUT2D eigenvalue weighted by Gasteiger charge is 2.32. The molecule has 1 rings (SSSR count). The Hall–Kier alpha value is -1.70. The van der Waals surface area contributed by atoms with E-state index in [1.54, 1.807) is 6.07 Å². The van der Waals surface area contributed by atoms with Crippen LogP contribution >= 0.6 is 0 Å². The molecule has 0 fully saturated rings. The van der Waals surface area contributed by atoms with Gasteiger partial charge in [-0.1, -0.05) is 18.2 Å². The van der Waals surface area contributed by atoms with Crippen molar-refractivity contribution in [3.63, 3.8) is 0 Å². The number of amidine groups is 1. The molecule has 0 radical (unpaired) electrons. The molecule has 0 unspecified atom stereocenters. The Morgan fingerprint density at radius 1 is 1.33 bits per heavy atom. The molecular formula is C10H13F2N3O2S. The lowest BCUT2D eigenvalue weighted by atomic mass is 10.3.